The van der Waals surface area contributed by atoms with Gasteiger partial charge in [-0.05, 0) is 48.7 Å². The molecule has 6 nitrogen and oxygen atoms in total. The lowest BCUT2D eigenvalue weighted by Gasteiger charge is -2.16. The van der Waals surface area contributed by atoms with Gasteiger partial charge in [-0.15, -0.1) is 0 Å². The van der Waals surface area contributed by atoms with Crippen LogP contribution in [-0.2, 0) is 11.2 Å². The number of carboxylic acids is 1. The third kappa shape index (κ3) is 5.14. The van der Waals surface area contributed by atoms with Crippen molar-refractivity contribution in [1.29, 1.82) is 0 Å². The van der Waals surface area contributed by atoms with Crippen molar-refractivity contribution in [1.82, 2.24) is 5.32 Å². The van der Waals surface area contributed by atoms with Crippen LogP contribution >= 0.6 is 11.6 Å². The van der Waals surface area contributed by atoms with Gasteiger partial charge in [0, 0.05) is 6.42 Å². The van der Waals surface area contributed by atoms with Gasteiger partial charge < -0.3 is 19.9 Å². The van der Waals surface area contributed by atoms with Crippen molar-refractivity contribution in [3.63, 3.8) is 0 Å². The van der Waals surface area contributed by atoms with Crippen LogP contribution in [0, 0.1) is 0 Å². The Labute approximate surface area is 162 Å². The molecule has 2 heterocycles. The molecular weight excluding hydrogens is 370 g/mol. The van der Waals surface area contributed by atoms with E-state index >= 15 is 0 Å². The molecule has 0 fully saturated rings. The predicted octanol–water partition coefficient (Wildman–Crippen LogP) is 3.32. The van der Waals surface area contributed by atoms with Gasteiger partial charge in [0.05, 0.1) is 23.8 Å². The van der Waals surface area contributed by atoms with E-state index in [4.69, 9.17) is 21.1 Å². The molecule has 2 aliphatic rings. The predicted molar refractivity (Wildman–Crippen MR) is 101 cm³/mol. The van der Waals surface area contributed by atoms with Crippen LogP contribution in [0.5, 0.6) is 11.5 Å². The maximum Gasteiger partial charge on any atom is 0.326 e. The first-order chi connectivity index (χ1) is 13.0. The molecule has 0 radical (unpaired) electrons. The lowest BCUT2D eigenvalue weighted by atomic mass is 10.1. The first-order valence-electron chi connectivity index (χ1n) is 8.70. The number of hydrogen-bond acceptors (Lipinski definition) is 4. The average molecular weight is 390 g/mol. The second kappa shape index (κ2) is 8.77. The molecule has 0 aromatic heterocycles. The Balaban J connectivity index is 1.88. The Morgan fingerprint density at radius 3 is 2.33 bits per heavy atom. The smallest absolute Gasteiger partial charge is 0.326 e. The summed E-state index contributed by atoms with van der Waals surface area (Å²) in [5, 5.41) is 12.3. The van der Waals surface area contributed by atoms with E-state index in [-0.39, 0.29) is 17.0 Å². The number of hydrogen-bond donors (Lipinski definition) is 2. The fourth-order valence-corrected chi connectivity index (χ4v) is 2.95. The van der Waals surface area contributed by atoms with E-state index in [1.165, 1.54) is 6.07 Å². The van der Waals surface area contributed by atoms with Crippen molar-refractivity contribution in [2.24, 2.45) is 0 Å². The van der Waals surface area contributed by atoms with Crippen LogP contribution in [0.15, 0.2) is 42.5 Å². The van der Waals surface area contributed by atoms with Crippen LogP contribution in [0.1, 0.15) is 28.8 Å². The zero-order valence-corrected chi connectivity index (χ0v) is 15.4. The molecule has 0 spiro atoms. The topological polar surface area (TPSA) is 84.9 Å². The number of amides is 1. The van der Waals surface area contributed by atoms with E-state index in [0.717, 1.165) is 24.2 Å². The maximum atomic E-state index is 12.6. The lowest BCUT2D eigenvalue weighted by Crippen LogP contribution is -2.42. The van der Waals surface area contributed by atoms with Crippen LogP contribution in [0.25, 0.3) is 0 Å². The summed E-state index contributed by atoms with van der Waals surface area (Å²) in [4.78, 5) is 24.2. The number of carboxylic acid groups (broad SMARTS) is 1. The number of carbonyl (C=O) groups is 2. The SMILES string of the molecule is O=C1N[C@H](C(=O)O)Cc2ccc(cc2)OCCCCOc2ccc(Cl)c1c2. The largest absolute Gasteiger partial charge is 0.494 e. The molecule has 1 atom stereocenters. The van der Waals surface area contributed by atoms with Gasteiger partial charge in [-0.25, -0.2) is 4.79 Å². The highest BCUT2D eigenvalue weighted by molar-refractivity contribution is 6.34. The molecule has 0 aliphatic carbocycles. The number of benzene rings is 2. The van der Waals surface area contributed by atoms with Gasteiger partial charge in [-0.1, -0.05) is 23.7 Å². The molecule has 2 aromatic rings. The van der Waals surface area contributed by atoms with Gasteiger partial charge in [0.2, 0.25) is 0 Å². The molecule has 27 heavy (non-hydrogen) atoms. The second-order valence-corrected chi connectivity index (χ2v) is 6.67. The summed E-state index contributed by atoms with van der Waals surface area (Å²) in [5.74, 6) is -0.445. The molecule has 4 rings (SSSR count). The third-order valence-corrected chi connectivity index (χ3v) is 4.55. The van der Waals surface area contributed by atoms with Crippen molar-refractivity contribution < 1.29 is 24.2 Å². The summed E-state index contributed by atoms with van der Waals surface area (Å²) in [5.41, 5.74) is 0.964. The molecular formula is C20H20ClNO5. The Morgan fingerprint density at radius 1 is 1.04 bits per heavy atom. The Hall–Kier alpha value is -2.73. The fraction of sp³-hybridized carbons (Fsp3) is 0.300. The Kier molecular flexibility index (Phi) is 6.19. The van der Waals surface area contributed by atoms with E-state index in [0.29, 0.717) is 19.0 Å². The molecule has 7 heteroatoms. The highest BCUT2D eigenvalue weighted by Crippen LogP contribution is 2.23. The van der Waals surface area contributed by atoms with Crippen molar-refractivity contribution in [2.75, 3.05) is 13.2 Å². The molecule has 2 N–H and O–H groups in total. The quantitative estimate of drug-likeness (QED) is 0.781. The molecule has 4 bridgehead atoms. The van der Waals surface area contributed by atoms with Gasteiger partial charge in [-0.2, -0.15) is 0 Å². The van der Waals surface area contributed by atoms with Gasteiger partial charge in [0.25, 0.3) is 5.91 Å². The van der Waals surface area contributed by atoms with Crippen LogP contribution in [-0.4, -0.2) is 36.2 Å². The summed E-state index contributed by atoms with van der Waals surface area (Å²) in [6, 6.07) is 10.9. The third-order valence-electron chi connectivity index (χ3n) is 4.23. The van der Waals surface area contributed by atoms with E-state index in [1.54, 1.807) is 36.4 Å². The second-order valence-electron chi connectivity index (χ2n) is 6.26. The van der Waals surface area contributed by atoms with Crippen LogP contribution in [0.2, 0.25) is 5.02 Å². The number of carbonyl (C=O) groups excluding carboxylic acids is 1. The molecule has 2 aromatic carbocycles. The van der Waals surface area contributed by atoms with E-state index in [9.17, 15) is 14.7 Å². The minimum Gasteiger partial charge on any atom is -0.494 e. The van der Waals surface area contributed by atoms with Crippen molar-refractivity contribution in [3.8, 4) is 11.5 Å². The highest BCUT2D eigenvalue weighted by Gasteiger charge is 2.23. The van der Waals surface area contributed by atoms with Gasteiger partial charge in [-0.3, -0.25) is 4.79 Å². The van der Waals surface area contributed by atoms with Gasteiger partial charge in [0.1, 0.15) is 17.5 Å². The summed E-state index contributed by atoms with van der Waals surface area (Å²) in [6.45, 7) is 1.04. The van der Waals surface area contributed by atoms with Crippen LogP contribution in [0.3, 0.4) is 0 Å². The molecule has 1 amide bonds. The number of halogens is 1. The zero-order chi connectivity index (χ0) is 19.2. The van der Waals surface area contributed by atoms with Gasteiger partial charge in [0.15, 0.2) is 0 Å². The maximum absolute atomic E-state index is 12.6. The Bertz CT molecular complexity index is 822. The van der Waals surface area contributed by atoms with E-state index in [2.05, 4.69) is 5.32 Å². The summed E-state index contributed by atoms with van der Waals surface area (Å²) >= 11 is 6.12. The zero-order valence-electron chi connectivity index (χ0n) is 14.6. The van der Waals surface area contributed by atoms with E-state index < -0.39 is 17.9 Å². The first-order valence-corrected chi connectivity index (χ1v) is 9.08. The number of nitrogens with one attached hydrogen (secondary N) is 1. The number of aliphatic carboxylic acids is 1. The average Bonchev–Trinajstić information content (AvgIpc) is 2.65. The highest BCUT2D eigenvalue weighted by atomic mass is 35.5. The van der Waals surface area contributed by atoms with Crippen molar-refractivity contribution in [3.05, 3.63) is 58.6 Å². The molecule has 2 aliphatic heterocycles. The summed E-state index contributed by atoms with van der Waals surface area (Å²) in [6.07, 6.45) is 1.77. The number of ether oxygens (including phenoxy) is 2. The standard InChI is InChI=1S/C20H20ClNO5/c21-17-8-7-15-12-16(17)19(23)22-18(20(24)25)11-13-3-5-14(6-4-13)26-9-1-2-10-27-15/h3-8,12,18H,1-2,9-11H2,(H,22,23)(H,24,25)/t18-/m0/s1. The molecule has 142 valence electrons. The minimum atomic E-state index is -1.12. The van der Waals surface area contributed by atoms with Crippen molar-refractivity contribution in [2.45, 2.75) is 25.3 Å². The minimum absolute atomic E-state index is 0.148. The van der Waals surface area contributed by atoms with Crippen LogP contribution in [0.4, 0.5) is 0 Å². The Morgan fingerprint density at radius 2 is 1.67 bits per heavy atom. The fourth-order valence-electron chi connectivity index (χ4n) is 2.75. The monoisotopic (exact) mass is 389 g/mol. The van der Waals surface area contributed by atoms with E-state index in [1.807, 2.05) is 0 Å². The number of fused-ring (bicyclic) bond motifs is 10. The molecule has 0 unspecified atom stereocenters. The van der Waals surface area contributed by atoms with Crippen molar-refractivity contribution >= 4 is 23.5 Å². The first kappa shape index (κ1) is 19.0. The van der Waals surface area contributed by atoms with Gasteiger partial charge >= 0.3 is 5.97 Å². The summed E-state index contributed by atoms with van der Waals surface area (Å²) < 4.78 is 11.3. The number of rotatable bonds is 1. The normalized spacial score (nSPS) is 18.0. The lowest BCUT2D eigenvalue weighted by molar-refractivity contribution is -0.139. The molecule has 0 saturated heterocycles. The van der Waals surface area contributed by atoms with Crippen LogP contribution < -0.4 is 14.8 Å². The molecule has 0 saturated carbocycles. The summed E-state index contributed by atoms with van der Waals surface area (Å²) in [7, 11) is 0.